The van der Waals surface area contributed by atoms with E-state index in [0.29, 0.717) is 17.9 Å². The molecule has 4 rings (SSSR count). The zero-order valence-corrected chi connectivity index (χ0v) is 16.4. The average molecular weight is 403 g/mol. The van der Waals surface area contributed by atoms with Crippen LogP contribution in [0.2, 0.25) is 0 Å². The first kappa shape index (κ1) is 19.5. The largest absolute Gasteiger partial charge is 0.507 e. The molecule has 1 unspecified atom stereocenters. The number of ether oxygens (including phenoxy) is 1. The lowest BCUT2D eigenvalue weighted by molar-refractivity contribution is -0.140. The van der Waals surface area contributed by atoms with Crippen molar-refractivity contribution in [1.29, 1.82) is 0 Å². The van der Waals surface area contributed by atoms with E-state index in [1.165, 1.54) is 11.2 Å². The number of Topliss-reactive ketones (excluding diaryl/α,β-unsaturated/α-hetero) is 1. The number of rotatable bonds is 6. The molecule has 3 aromatic rings. The third-order valence-corrected chi connectivity index (χ3v) is 4.99. The maximum atomic E-state index is 12.9. The number of hydrogen-bond acceptors (Lipinski definition) is 5. The first-order valence-electron chi connectivity index (χ1n) is 9.69. The van der Waals surface area contributed by atoms with E-state index < -0.39 is 17.7 Å². The standard InChI is InChI=1S/C24H21NO5/c1-2-29-18-12-10-16(11-13-18)15-25-21(19-9-6-14-30-19)20(23(27)24(25)28)22(26)17-7-4-3-5-8-17/h3-14,21,26H,2,15H2,1H3/b22-20-. The summed E-state index contributed by atoms with van der Waals surface area (Å²) in [5, 5.41) is 10.9. The molecule has 6 heteroatoms. The van der Waals surface area contributed by atoms with Crippen LogP contribution >= 0.6 is 0 Å². The number of benzene rings is 2. The smallest absolute Gasteiger partial charge is 0.296 e. The van der Waals surface area contributed by atoms with Crippen LogP contribution in [0, 0.1) is 0 Å². The van der Waals surface area contributed by atoms with E-state index in [2.05, 4.69) is 0 Å². The van der Waals surface area contributed by atoms with Gasteiger partial charge in [0.15, 0.2) is 0 Å². The summed E-state index contributed by atoms with van der Waals surface area (Å²) in [7, 11) is 0. The van der Waals surface area contributed by atoms with E-state index in [9.17, 15) is 14.7 Å². The first-order chi connectivity index (χ1) is 14.6. The highest BCUT2D eigenvalue weighted by Gasteiger charge is 2.47. The maximum Gasteiger partial charge on any atom is 0.296 e. The molecule has 1 atom stereocenters. The molecule has 0 aliphatic carbocycles. The van der Waals surface area contributed by atoms with E-state index in [-0.39, 0.29) is 17.9 Å². The highest BCUT2D eigenvalue weighted by atomic mass is 16.5. The van der Waals surface area contributed by atoms with Crippen LogP contribution in [-0.4, -0.2) is 28.3 Å². The molecule has 6 nitrogen and oxygen atoms in total. The predicted molar refractivity (Wildman–Crippen MR) is 111 cm³/mol. The number of aliphatic hydroxyl groups excluding tert-OH is 1. The van der Waals surface area contributed by atoms with Gasteiger partial charge < -0.3 is 19.2 Å². The molecule has 0 saturated carbocycles. The third kappa shape index (κ3) is 3.59. The Kier molecular flexibility index (Phi) is 5.39. The Hall–Kier alpha value is -3.80. The minimum Gasteiger partial charge on any atom is -0.507 e. The average Bonchev–Trinajstić information content (AvgIpc) is 3.38. The SMILES string of the molecule is CCOc1ccc(CN2C(=O)C(=O)/C(=C(\O)c3ccccc3)C2c2ccco2)cc1. The van der Waals surface area contributed by atoms with Crippen LogP contribution in [0.4, 0.5) is 0 Å². The summed E-state index contributed by atoms with van der Waals surface area (Å²) in [6, 6.07) is 18.6. The van der Waals surface area contributed by atoms with E-state index >= 15 is 0 Å². The molecule has 1 fully saturated rings. The van der Waals surface area contributed by atoms with Crippen LogP contribution in [0.3, 0.4) is 0 Å². The Bertz CT molecular complexity index is 1070. The fraction of sp³-hybridized carbons (Fsp3) is 0.167. The van der Waals surface area contributed by atoms with E-state index in [0.717, 1.165) is 11.3 Å². The Labute approximate surface area is 174 Å². The molecule has 152 valence electrons. The summed E-state index contributed by atoms with van der Waals surface area (Å²) in [4.78, 5) is 27.2. The normalized spacial score (nSPS) is 18.0. The fourth-order valence-electron chi connectivity index (χ4n) is 3.59. The minimum absolute atomic E-state index is 0.0205. The lowest BCUT2D eigenvalue weighted by Crippen LogP contribution is -2.29. The van der Waals surface area contributed by atoms with Crippen molar-refractivity contribution >= 4 is 17.4 Å². The highest BCUT2D eigenvalue weighted by molar-refractivity contribution is 6.46. The van der Waals surface area contributed by atoms with Crippen LogP contribution in [0.1, 0.15) is 29.9 Å². The van der Waals surface area contributed by atoms with Gasteiger partial charge in [-0.15, -0.1) is 0 Å². The van der Waals surface area contributed by atoms with Crippen LogP contribution in [0.25, 0.3) is 5.76 Å². The van der Waals surface area contributed by atoms with Crippen molar-refractivity contribution in [3.63, 3.8) is 0 Å². The highest BCUT2D eigenvalue weighted by Crippen LogP contribution is 2.40. The zero-order chi connectivity index (χ0) is 21.1. The van der Waals surface area contributed by atoms with Crippen molar-refractivity contribution in [1.82, 2.24) is 4.90 Å². The molecular weight excluding hydrogens is 382 g/mol. The zero-order valence-electron chi connectivity index (χ0n) is 16.4. The second-order valence-corrected chi connectivity index (χ2v) is 6.89. The number of carbonyl (C=O) groups excluding carboxylic acids is 2. The molecule has 30 heavy (non-hydrogen) atoms. The van der Waals surface area contributed by atoms with Crippen LogP contribution in [0.5, 0.6) is 5.75 Å². The van der Waals surface area contributed by atoms with Crippen LogP contribution in [-0.2, 0) is 16.1 Å². The molecule has 1 N–H and O–H groups in total. The quantitative estimate of drug-likeness (QED) is 0.377. The van der Waals surface area contributed by atoms with Gasteiger partial charge in [-0.3, -0.25) is 9.59 Å². The summed E-state index contributed by atoms with van der Waals surface area (Å²) >= 11 is 0. The van der Waals surface area contributed by atoms with Gasteiger partial charge in [0, 0.05) is 12.1 Å². The van der Waals surface area contributed by atoms with E-state index in [4.69, 9.17) is 9.15 Å². The number of carbonyl (C=O) groups is 2. The number of likely N-dealkylation sites (tertiary alicyclic amines) is 1. The van der Waals surface area contributed by atoms with Crippen molar-refractivity contribution in [3.8, 4) is 5.75 Å². The van der Waals surface area contributed by atoms with Gasteiger partial charge in [-0.05, 0) is 36.8 Å². The molecular formula is C24H21NO5. The molecule has 0 spiro atoms. The molecule has 2 heterocycles. The van der Waals surface area contributed by atoms with Gasteiger partial charge in [-0.25, -0.2) is 0 Å². The van der Waals surface area contributed by atoms with E-state index in [1.807, 2.05) is 37.3 Å². The number of amides is 1. The first-order valence-corrected chi connectivity index (χ1v) is 9.69. The van der Waals surface area contributed by atoms with Gasteiger partial charge in [0.1, 0.15) is 23.3 Å². The Morgan fingerprint density at radius 2 is 1.77 bits per heavy atom. The molecule has 2 aromatic carbocycles. The molecule has 1 aliphatic rings. The lowest BCUT2D eigenvalue weighted by atomic mass is 9.99. The van der Waals surface area contributed by atoms with Gasteiger partial charge in [0.05, 0.1) is 18.4 Å². The summed E-state index contributed by atoms with van der Waals surface area (Å²) in [6.45, 7) is 2.66. The molecule has 1 amide bonds. The fourth-order valence-corrected chi connectivity index (χ4v) is 3.59. The summed E-state index contributed by atoms with van der Waals surface area (Å²) in [6.07, 6.45) is 1.48. The van der Waals surface area contributed by atoms with Crippen molar-refractivity contribution in [2.75, 3.05) is 6.61 Å². The number of ketones is 1. The van der Waals surface area contributed by atoms with Crippen LogP contribution in [0.15, 0.2) is 83.0 Å². The second-order valence-electron chi connectivity index (χ2n) is 6.89. The molecule has 1 aliphatic heterocycles. The molecule has 0 radical (unpaired) electrons. The van der Waals surface area contributed by atoms with Crippen LogP contribution < -0.4 is 4.74 Å². The summed E-state index contributed by atoms with van der Waals surface area (Å²) < 4.78 is 11.0. The minimum atomic E-state index is -0.813. The van der Waals surface area contributed by atoms with Gasteiger partial charge >= 0.3 is 0 Å². The van der Waals surface area contributed by atoms with Gasteiger partial charge in [0.25, 0.3) is 11.7 Å². The van der Waals surface area contributed by atoms with Gasteiger partial charge in [-0.1, -0.05) is 42.5 Å². The van der Waals surface area contributed by atoms with Crippen molar-refractivity contribution in [2.45, 2.75) is 19.5 Å². The molecule has 1 saturated heterocycles. The second kappa shape index (κ2) is 8.29. The van der Waals surface area contributed by atoms with E-state index in [1.54, 1.807) is 36.4 Å². The topological polar surface area (TPSA) is 80.0 Å². The Morgan fingerprint density at radius 3 is 2.40 bits per heavy atom. The van der Waals surface area contributed by atoms with Crippen molar-refractivity contribution < 1.29 is 23.8 Å². The third-order valence-electron chi connectivity index (χ3n) is 4.99. The monoisotopic (exact) mass is 403 g/mol. The Balaban J connectivity index is 1.74. The number of hydrogen-bond donors (Lipinski definition) is 1. The number of nitrogens with zero attached hydrogens (tertiary/aromatic N) is 1. The Morgan fingerprint density at radius 1 is 1.03 bits per heavy atom. The summed E-state index contributed by atoms with van der Waals surface area (Å²) in [5.74, 6) is -0.483. The number of aliphatic hydroxyl groups is 1. The molecule has 0 bridgehead atoms. The predicted octanol–water partition coefficient (Wildman–Crippen LogP) is 4.30. The van der Waals surface area contributed by atoms with Crippen molar-refractivity contribution in [3.05, 3.63) is 95.5 Å². The lowest BCUT2D eigenvalue weighted by Gasteiger charge is -2.23. The summed E-state index contributed by atoms with van der Waals surface area (Å²) in [5.41, 5.74) is 1.32. The maximum absolute atomic E-state index is 12.9. The molecule has 1 aromatic heterocycles. The van der Waals surface area contributed by atoms with Crippen molar-refractivity contribution in [2.24, 2.45) is 0 Å². The van der Waals surface area contributed by atoms with Gasteiger partial charge in [-0.2, -0.15) is 0 Å². The van der Waals surface area contributed by atoms with Gasteiger partial charge in [0.2, 0.25) is 0 Å². The number of furan rings is 1.